The molecule has 1 aliphatic heterocycles. The highest BCUT2D eigenvalue weighted by atomic mass is 32.2. The molecule has 16 heavy (non-hydrogen) atoms. The second kappa shape index (κ2) is 3.76. The van der Waals surface area contributed by atoms with Crippen LogP contribution in [-0.2, 0) is 10.0 Å². The SMILES string of the molecule is NS(=O)(=O)c1ccc2c(c1)C(=O)NCCO2. The Bertz CT molecular complexity index is 538. The van der Waals surface area contributed by atoms with E-state index in [-0.39, 0.29) is 16.4 Å². The van der Waals surface area contributed by atoms with Crippen molar-refractivity contribution in [3.05, 3.63) is 23.8 Å². The van der Waals surface area contributed by atoms with Crippen molar-refractivity contribution in [3.63, 3.8) is 0 Å². The summed E-state index contributed by atoms with van der Waals surface area (Å²) in [5.74, 6) is 0.000370. The Balaban J connectivity index is 2.56. The first-order valence-corrected chi connectivity index (χ1v) is 6.11. The number of hydrogen-bond donors (Lipinski definition) is 2. The van der Waals surface area contributed by atoms with Gasteiger partial charge in [0.15, 0.2) is 0 Å². The number of carbonyl (C=O) groups is 1. The minimum Gasteiger partial charge on any atom is -0.491 e. The minimum absolute atomic E-state index is 0.105. The van der Waals surface area contributed by atoms with E-state index in [2.05, 4.69) is 5.32 Å². The zero-order chi connectivity index (χ0) is 11.8. The molecule has 2 rings (SSSR count). The van der Waals surface area contributed by atoms with Crippen molar-refractivity contribution in [3.8, 4) is 5.75 Å². The lowest BCUT2D eigenvalue weighted by Gasteiger charge is -2.06. The van der Waals surface area contributed by atoms with Gasteiger partial charge in [-0.1, -0.05) is 0 Å². The molecule has 0 unspecified atom stereocenters. The highest BCUT2D eigenvalue weighted by molar-refractivity contribution is 7.89. The maximum absolute atomic E-state index is 11.6. The fraction of sp³-hybridized carbons (Fsp3) is 0.222. The number of ether oxygens (including phenoxy) is 1. The van der Waals surface area contributed by atoms with E-state index >= 15 is 0 Å². The summed E-state index contributed by atoms with van der Waals surface area (Å²) in [7, 11) is -3.81. The van der Waals surface area contributed by atoms with Crippen LogP contribution in [0.3, 0.4) is 0 Å². The molecule has 6 nitrogen and oxygen atoms in total. The molecule has 0 spiro atoms. The van der Waals surface area contributed by atoms with Crippen LogP contribution in [0.15, 0.2) is 23.1 Å². The molecular formula is C9H10N2O4S. The summed E-state index contributed by atoms with van der Waals surface area (Å²) in [4.78, 5) is 11.5. The third-order valence-electron chi connectivity index (χ3n) is 2.17. The van der Waals surface area contributed by atoms with E-state index in [1.54, 1.807) is 0 Å². The fourth-order valence-corrected chi connectivity index (χ4v) is 1.95. The van der Waals surface area contributed by atoms with Crippen LogP contribution in [0.5, 0.6) is 5.75 Å². The molecule has 0 fully saturated rings. The van der Waals surface area contributed by atoms with Gasteiger partial charge in [0.25, 0.3) is 5.91 Å². The summed E-state index contributed by atoms with van der Waals surface area (Å²) in [5, 5.41) is 7.55. The first kappa shape index (κ1) is 10.9. The Morgan fingerprint density at radius 2 is 2.12 bits per heavy atom. The van der Waals surface area contributed by atoms with Crippen molar-refractivity contribution < 1.29 is 17.9 Å². The molecule has 0 aliphatic carbocycles. The summed E-state index contributed by atoms with van der Waals surface area (Å²) in [6.45, 7) is 0.742. The number of benzene rings is 1. The molecule has 0 saturated carbocycles. The molecule has 7 heteroatoms. The number of fused-ring (bicyclic) bond motifs is 1. The average molecular weight is 242 g/mol. The Kier molecular flexibility index (Phi) is 2.56. The van der Waals surface area contributed by atoms with Crippen LogP contribution in [0.25, 0.3) is 0 Å². The Labute approximate surface area is 92.4 Å². The molecule has 0 radical (unpaired) electrons. The van der Waals surface area contributed by atoms with Gasteiger partial charge in [0.1, 0.15) is 12.4 Å². The number of carbonyl (C=O) groups excluding carboxylic acids is 1. The van der Waals surface area contributed by atoms with Crippen molar-refractivity contribution in [1.82, 2.24) is 5.32 Å². The van der Waals surface area contributed by atoms with Gasteiger partial charge < -0.3 is 10.1 Å². The van der Waals surface area contributed by atoms with Gasteiger partial charge in [0, 0.05) is 0 Å². The number of nitrogens with one attached hydrogen (secondary N) is 1. The van der Waals surface area contributed by atoms with Crippen LogP contribution in [0.1, 0.15) is 10.4 Å². The molecule has 0 aromatic heterocycles. The minimum atomic E-state index is -3.81. The van der Waals surface area contributed by atoms with Crippen LogP contribution >= 0.6 is 0 Å². The van der Waals surface area contributed by atoms with Crippen LogP contribution in [-0.4, -0.2) is 27.5 Å². The van der Waals surface area contributed by atoms with Crippen LogP contribution in [0, 0.1) is 0 Å². The van der Waals surface area contributed by atoms with Gasteiger partial charge in [-0.05, 0) is 18.2 Å². The van der Waals surface area contributed by atoms with Crippen molar-refractivity contribution in [2.45, 2.75) is 4.90 Å². The van der Waals surface area contributed by atoms with Crippen LogP contribution in [0.4, 0.5) is 0 Å². The second-order valence-electron chi connectivity index (χ2n) is 3.31. The van der Waals surface area contributed by atoms with E-state index in [4.69, 9.17) is 9.88 Å². The summed E-state index contributed by atoms with van der Waals surface area (Å²) < 4.78 is 27.5. The van der Waals surface area contributed by atoms with Gasteiger partial charge in [0.05, 0.1) is 17.0 Å². The number of primary sulfonamides is 1. The molecular weight excluding hydrogens is 232 g/mol. The summed E-state index contributed by atoms with van der Waals surface area (Å²) in [6, 6.07) is 3.96. The third kappa shape index (κ3) is 2.00. The topological polar surface area (TPSA) is 98.5 Å². The molecule has 1 heterocycles. The highest BCUT2D eigenvalue weighted by Crippen LogP contribution is 2.23. The predicted molar refractivity (Wildman–Crippen MR) is 55.6 cm³/mol. The predicted octanol–water partition coefficient (Wildman–Crippen LogP) is -0.544. The van der Waals surface area contributed by atoms with E-state index in [1.807, 2.05) is 0 Å². The van der Waals surface area contributed by atoms with Crippen molar-refractivity contribution in [2.24, 2.45) is 5.14 Å². The van der Waals surface area contributed by atoms with Gasteiger partial charge in [-0.15, -0.1) is 0 Å². The van der Waals surface area contributed by atoms with Crippen molar-refractivity contribution in [1.29, 1.82) is 0 Å². The van der Waals surface area contributed by atoms with Crippen molar-refractivity contribution in [2.75, 3.05) is 13.2 Å². The largest absolute Gasteiger partial charge is 0.491 e. The number of sulfonamides is 1. The summed E-state index contributed by atoms with van der Waals surface area (Å²) in [6.07, 6.45) is 0. The third-order valence-corrected chi connectivity index (χ3v) is 3.08. The highest BCUT2D eigenvalue weighted by Gasteiger charge is 2.19. The molecule has 1 amide bonds. The van der Waals surface area contributed by atoms with E-state index in [0.717, 1.165) is 0 Å². The number of nitrogens with two attached hydrogens (primary N) is 1. The van der Waals surface area contributed by atoms with E-state index < -0.39 is 10.0 Å². The normalized spacial score (nSPS) is 15.7. The lowest BCUT2D eigenvalue weighted by atomic mass is 10.2. The zero-order valence-corrected chi connectivity index (χ0v) is 9.08. The zero-order valence-electron chi connectivity index (χ0n) is 8.26. The van der Waals surface area contributed by atoms with Gasteiger partial charge >= 0.3 is 0 Å². The first-order chi connectivity index (χ1) is 7.48. The Morgan fingerprint density at radius 1 is 1.38 bits per heavy atom. The van der Waals surface area contributed by atoms with Gasteiger partial charge in [-0.2, -0.15) is 0 Å². The molecule has 1 aromatic rings. The standard InChI is InChI=1S/C9H10N2O4S/c10-16(13,14)6-1-2-8-7(5-6)9(12)11-3-4-15-8/h1-2,5H,3-4H2,(H,11,12)(H2,10,13,14). The van der Waals surface area contributed by atoms with E-state index in [9.17, 15) is 13.2 Å². The van der Waals surface area contributed by atoms with Gasteiger partial charge in [0.2, 0.25) is 10.0 Å². The van der Waals surface area contributed by atoms with Gasteiger partial charge in [-0.25, -0.2) is 13.6 Å². The second-order valence-corrected chi connectivity index (χ2v) is 4.87. The quantitative estimate of drug-likeness (QED) is 0.690. The molecule has 0 bridgehead atoms. The first-order valence-electron chi connectivity index (χ1n) is 4.56. The lowest BCUT2D eigenvalue weighted by molar-refractivity contribution is 0.0957. The summed E-state index contributed by atoms with van der Waals surface area (Å²) >= 11 is 0. The molecule has 1 aliphatic rings. The number of amides is 1. The molecule has 1 aromatic carbocycles. The average Bonchev–Trinajstić information content (AvgIpc) is 2.39. The molecule has 86 valence electrons. The maximum Gasteiger partial charge on any atom is 0.255 e. The maximum atomic E-state index is 11.6. The monoisotopic (exact) mass is 242 g/mol. The molecule has 0 atom stereocenters. The molecule has 3 N–H and O–H groups in total. The summed E-state index contributed by atoms with van der Waals surface area (Å²) in [5.41, 5.74) is 0.184. The van der Waals surface area contributed by atoms with Crippen LogP contribution in [0.2, 0.25) is 0 Å². The van der Waals surface area contributed by atoms with Crippen molar-refractivity contribution >= 4 is 15.9 Å². The fourth-order valence-electron chi connectivity index (χ4n) is 1.41. The van der Waals surface area contributed by atoms with Gasteiger partial charge in [-0.3, -0.25) is 4.79 Å². The van der Waals surface area contributed by atoms with E-state index in [1.165, 1.54) is 18.2 Å². The number of hydrogen-bond acceptors (Lipinski definition) is 4. The van der Waals surface area contributed by atoms with E-state index in [0.29, 0.717) is 18.9 Å². The molecule has 0 saturated heterocycles. The lowest BCUT2D eigenvalue weighted by Crippen LogP contribution is -2.24. The number of rotatable bonds is 1. The van der Waals surface area contributed by atoms with Crippen LogP contribution < -0.4 is 15.2 Å². The Morgan fingerprint density at radius 3 is 2.81 bits per heavy atom. The smallest absolute Gasteiger partial charge is 0.255 e. The Hall–Kier alpha value is -1.60.